The Labute approximate surface area is 179 Å². The summed E-state index contributed by atoms with van der Waals surface area (Å²) in [4.78, 5) is 36.3. The Balaban J connectivity index is 1.63. The highest BCUT2D eigenvalue weighted by Crippen LogP contribution is 2.22. The lowest BCUT2D eigenvalue weighted by atomic mass is 10.1. The SMILES string of the molecule is CC(=O)NCc1cc2c(-n3c(C)cnc(NCCc4ccccc4)c3=O)c[nH]c2cn1. The van der Waals surface area contributed by atoms with Crippen molar-refractivity contribution in [3.05, 3.63) is 82.3 Å². The van der Waals surface area contributed by atoms with Crippen molar-refractivity contribution in [1.82, 2.24) is 24.8 Å². The van der Waals surface area contributed by atoms with Crippen molar-refractivity contribution in [2.75, 3.05) is 11.9 Å². The zero-order valence-corrected chi connectivity index (χ0v) is 17.5. The predicted octanol–water partition coefficient (Wildman–Crippen LogP) is 2.71. The van der Waals surface area contributed by atoms with Gasteiger partial charge in [0.05, 0.1) is 29.6 Å². The van der Waals surface area contributed by atoms with Gasteiger partial charge in [0.15, 0.2) is 5.82 Å². The van der Waals surface area contributed by atoms with Crippen LogP contribution in [0.25, 0.3) is 16.6 Å². The van der Waals surface area contributed by atoms with Crippen LogP contribution in [-0.4, -0.2) is 32.0 Å². The third-order valence-electron chi connectivity index (χ3n) is 5.05. The fourth-order valence-electron chi connectivity index (χ4n) is 3.47. The summed E-state index contributed by atoms with van der Waals surface area (Å²) in [6.07, 6.45) is 5.97. The van der Waals surface area contributed by atoms with Gasteiger partial charge < -0.3 is 15.6 Å². The molecule has 0 saturated carbocycles. The van der Waals surface area contributed by atoms with Crippen LogP contribution in [0.2, 0.25) is 0 Å². The number of aromatic nitrogens is 4. The Bertz CT molecular complexity index is 1280. The molecular weight excluding hydrogens is 392 g/mol. The molecule has 3 heterocycles. The average molecular weight is 416 g/mol. The molecule has 0 fully saturated rings. The molecule has 8 heteroatoms. The highest BCUT2D eigenvalue weighted by atomic mass is 16.1. The molecule has 0 saturated heterocycles. The van der Waals surface area contributed by atoms with E-state index in [1.807, 2.05) is 31.2 Å². The molecule has 31 heavy (non-hydrogen) atoms. The summed E-state index contributed by atoms with van der Waals surface area (Å²) < 4.78 is 1.64. The topological polar surface area (TPSA) is 105 Å². The van der Waals surface area contributed by atoms with E-state index in [2.05, 4.69) is 37.7 Å². The molecule has 4 aromatic rings. The van der Waals surface area contributed by atoms with E-state index in [-0.39, 0.29) is 11.5 Å². The van der Waals surface area contributed by atoms with Crippen LogP contribution in [0, 0.1) is 6.92 Å². The second kappa shape index (κ2) is 8.83. The van der Waals surface area contributed by atoms with Crippen LogP contribution in [0.5, 0.6) is 0 Å². The molecule has 158 valence electrons. The van der Waals surface area contributed by atoms with Crippen LogP contribution < -0.4 is 16.2 Å². The van der Waals surface area contributed by atoms with Crippen molar-refractivity contribution >= 4 is 22.6 Å². The minimum absolute atomic E-state index is 0.122. The third kappa shape index (κ3) is 4.48. The zero-order valence-electron chi connectivity index (χ0n) is 17.5. The number of anilines is 1. The number of carbonyl (C=O) groups excluding carboxylic acids is 1. The standard InChI is InChI=1S/C23H24N6O2/c1-15-11-28-22(24-9-8-17-6-4-3-5-7-17)23(31)29(15)21-14-27-20-13-26-18(10-19(20)21)12-25-16(2)30/h3-7,10-11,13-14,27H,8-9,12H2,1-2H3,(H,24,28)(H,25,30). The minimum Gasteiger partial charge on any atom is -0.365 e. The first-order valence-corrected chi connectivity index (χ1v) is 10.1. The van der Waals surface area contributed by atoms with Gasteiger partial charge in [0.1, 0.15) is 0 Å². The number of hydrogen-bond donors (Lipinski definition) is 3. The van der Waals surface area contributed by atoms with Gasteiger partial charge >= 0.3 is 0 Å². The number of pyridine rings is 1. The van der Waals surface area contributed by atoms with Gasteiger partial charge in [-0.25, -0.2) is 4.98 Å². The van der Waals surface area contributed by atoms with E-state index >= 15 is 0 Å². The van der Waals surface area contributed by atoms with Crippen LogP contribution in [-0.2, 0) is 17.8 Å². The van der Waals surface area contributed by atoms with E-state index in [0.29, 0.717) is 24.6 Å². The van der Waals surface area contributed by atoms with Gasteiger partial charge in [-0.2, -0.15) is 0 Å². The lowest BCUT2D eigenvalue weighted by molar-refractivity contribution is -0.119. The van der Waals surface area contributed by atoms with Gasteiger partial charge in [0, 0.05) is 36.9 Å². The zero-order chi connectivity index (χ0) is 21.8. The number of H-pyrrole nitrogens is 1. The largest absolute Gasteiger partial charge is 0.365 e. The molecule has 3 aromatic heterocycles. The molecule has 1 aromatic carbocycles. The molecule has 0 aliphatic carbocycles. The summed E-state index contributed by atoms with van der Waals surface area (Å²) in [5.41, 5.74) is 3.94. The number of aryl methyl sites for hydroxylation is 1. The van der Waals surface area contributed by atoms with E-state index in [1.165, 1.54) is 12.5 Å². The van der Waals surface area contributed by atoms with Gasteiger partial charge in [0.2, 0.25) is 5.91 Å². The molecule has 4 rings (SSSR count). The third-order valence-corrected chi connectivity index (χ3v) is 5.05. The van der Waals surface area contributed by atoms with E-state index < -0.39 is 0 Å². The van der Waals surface area contributed by atoms with Crippen molar-refractivity contribution in [3.8, 4) is 5.69 Å². The van der Waals surface area contributed by atoms with E-state index in [4.69, 9.17) is 0 Å². The first-order valence-electron chi connectivity index (χ1n) is 10.1. The van der Waals surface area contributed by atoms with E-state index in [0.717, 1.165) is 28.7 Å². The van der Waals surface area contributed by atoms with Crippen molar-refractivity contribution < 1.29 is 4.79 Å². The average Bonchev–Trinajstić information content (AvgIpc) is 3.18. The number of carbonyl (C=O) groups is 1. The molecule has 8 nitrogen and oxygen atoms in total. The number of benzene rings is 1. The van der Waals surface area contributed by atoms with Crippen molar-refractivity contribution in [3.63, 3.8) is 0 Å². The number of amides is 1. The highest BCUT2D eigenvalue weighted by molar-refractivity contribution is 5.88. The molecule has 0 unspecified atom stereocenters. The maximum atomic E-state index is 13.2. The number of fused-ring (bicyclic) bond motifs is 1. The molecule has 0 spiro atoms. The first kappa shape index (κ1) is 20.3. The van der Waals surface area contributed by atoms with Crippen LogP contribution in [0.3, 0.4) is 0 Å². The number of nitrogens with zero attached hydrogens (tertiary/aromatic N) is 3. The molecule has 0 bridgehead atoms. The molecular formula is C23H24N6O2. The van der Waals surface area contributed by atoms with Gasteiger partial charge in [-0.1, -0.05) is 30.3 Å². The van der Waals surface area contributed by atoms with Crippen LogP contribution in [0.4, 0.5) is 5.82 Å². The minimum atomic E-state index is -0.214. The molecule has 1 amide bonds. The van der Waals surface area contributed by atoms with Crippen molar-refractivity contribution in [1.29, 1.82) is 0 Å². The van der Waals surface area contributed by atoms with Crippen LogP contribution in [0.15, 0.2) is 59.8 Å². The Morgan fingerprint density at radius 3 is 2.74 bits per heavy atom. The van der Waals surface area contributed by atoms with Crippen molar-refractivity contribution in [2.45, 2.75) is 26.8 Å². The number of hydrogen-bond acceptors (Lipinski definition) is 5. The number of rotatable bonds is 7. The van der Waals surface area contributed by atoms with E-state index in [1.54, 1.807) is 23.2 Å². The fraction of sp³-hybridized carbons (Fsp3) is 0.217. The molecule has 3 N–H and O–H groups in total. The summed E-state index contributed by atoms with van der Waals surface area (Å²) >= 11 is 0. The smallest absolute Gasteiger partial charge is 0.298 e. The summed E-state index contributed by atoms with van der Waals surface area (Å²) in [6, 6.07) is 12.0. The first-order chi connectivity index (χ1) is 15.0. The van der Waals surface area contributed by atoms with Crippen LogP contribution >= 0.6 is 0 Å². The van der Waals surface area contributed by atoms with Crippen molar-refractivity contribution in [2.24, 2.45) is 0 Å². The molecule has 0 radical (unpaired) electrons. The van der Waals surface area contributed by atoms with Gasteiger partial charge in [-0.3, -0.25) is 19.1 Å². The summed E-state index contributed by atoms with van der Waals surface area (Å²) in [6.45, 7) is 4.24. The fourth-order valence-corrected chi connectivity index (χ4v) is 3.47. The summed E-state index contributed by atoms with van der Waals surface area (Å²) in [5.74, 6) is 0.187. The van der Waals surface area contributed by atoms with E-state index in [9.17, 15) is 9.59 Å². The molecule has 0 aliphatic heterocycles. The summed E-state index contributed by atoms with van der Waals surface area (Å²) in [5, 5.41) is 6.76. The Morgan fingerprint density at radius 1 is 1.16 bits per heavy atom. The van der Waals surface area contributed by atoms with Gasteiger partial charge in [-0.05, 0) is 25.0 Å². The maximum Gasteiger partial charge on any atom is 0.298 e. The quantitative estimate of drug-likeness (QED) is 0.430. The predicted molar refractivity (Wildman–Crippen MR) is 120 cm³/mol. The lowest BCUT2D eigenvalue weighted by Crippen LogP contribution is -2.26. The Kier molecular flexibility index (Phi) is 5.79. The molecule has 0 aliphatic rings. The highest BCUT2D eigenvalue weighted by Gasteiger charge is 2.14. The lowest BCUT2D eigenvalue weighted by Gasteiger charge is -2.12. The number of nitrogens with one attached hydrogen (secondary N) is 3. The Morgan fingerprint density at radius 2 is 1.97 bits per heavy atom. The second-order valence-electron chi connectivity index (χ2n) is 7.36. The normalized spacial score (nSPS) is 10.9. The molecule has 0 atom stereocenters. The Hall–Kier alpha value is -3.94. The van der Waals surface area contributed by atoms with Gasteiger partial charge in [0.25, 0.3) is 5.56 Å². The van der Waals surface area contributed by atoms with Gasteiger partial charge in [-0.15, -0.1) is 0 Å². The monoisotopic (exact) mass is 416 g/mol. The summed E-state index contributed by atoms with van der Waals surface area (Å²) in [7, 11) is 0. The van der Waals surface area contributed by atoms with Crippen LogP contribution in [0.1, 0.15) is 23.9 Å². The maximum absolute atomic E-state index is 13.2. The second-order valence-corrected chi connectivity index (χ2v) is 7.36. The number of aromatic amines is 1.